The van der Waals surface area contributed by atoms with Crippen molar-refractivity contribution in [3.05, 3.63) is 29.3 Å². The molecule has 0 atom stereocenters. The summed E-state index contributed by atoms with van der Waals surface area (Å²) < 4.78 is 0. The number of hydrogen-bond acceptors (Lipinski definition) is 3. The summed E-state index contributed by atoms with van der Waals surface area (Å²) in [6, 6.07) is 7.37. The summed E-state index contributed by atoms with van der Waals surface area (Å²) in [5.74, 6) is 5.12. The Labute approximate surface area is 87.7 Å². The second-order valence-electron chi connectivity index (χ2n) is 2.74. The van der Waals surface area contributed by atoms with Crippen molar-refractivity contribution in [2.24, 2.45) is 5.84 Å². The van der Waals surface area contributed by atoms with E-state index in [1.54, 1.807) is 12.1 Å². The van der Waals surface area contributed by atoms with Gasteiger partial charge in [-0.15, -0.1) is 0 Å². The third-order valence-corrected chi connectivity index (χ3v) is 1.97. The van der Waals surface area contributed by atoms with Gasteiger partial charge in [-0.25, -0.2) is 5.84 Å². The maximum atomic E-state index is 8.69. The highest BCUT2D eigenvalue weighted by molar-refractivity contribution is 7.80. The Bertz CT molecular complexity index is 394. The zero-order valence-electron chi connectivity index (χ0n) is 7.66. The number of nitriles is 1. The van der Waals surface area contributed by atoms with Crippen LogP contribution in [-0.2, 0) is 0 Å². The van der Waals surface area contributed by atoms with Crippen LogP contribution in [0, 0.1) is 18.3 Å². The lowest BCUT2D eigenvalue weighted by molar-refractivity contribution is 1.04. The van der Waals surface area contributed by atoms with Gasteiger partial charge in [0.1, 0.15) is 0 Å². The average Bonchev–Trinajstić information content (AvgIpc) is 2.21. The summed E-state index contributed by atoms with van der Waals surface area (Å²) in [4.78, 5) is 0. The predicted octanol–water partition coefficient (Wildman–Crippen LogP) is 1.03. The number of aryl methyl sites for hydroxylation is 1. The maximum absolute atomic E-state index is 8.69. The molecule has 0 fully saturated rings. The topological polar surface area (TPSA) is 73.9 Å². The van der Waals surface area contributed by atoms with Crippen molar-refractivity contribution in [3.63, 3.8) is 0 Å². The zero-order chi connectivity index (χ0) is 10.6. The molecule has 1 rings (SSSR count). The molecule has 0 bridgehead atoms. The first-order valence-corrected chi connectivity index (χ1v) is 4.36. The predicted molar refractivity (Wildman–Crippen MR) is 59.4 cm³/mol. The molecule has 72 valence electrons. The molecule has 0 heterocycles. The van der Waals surface area contributed by atoms with Crippen molar-refractivity contribution in [1.82, 2.24) is 5.43 Å². The Balaban J connectivity index is 2.96. The van der Waals surface area contributed by atoms with Gasteiger partial charge < -0.3 is 10.7 Å². The molecule has 0 spiro atoms. The highest BCUT2D eigenvalue weighted by Crippen LogP contribution is 2.15. The van der Waals surface area contributed by atoms with E-state index >= 15 is 0 Å². The van der Waals surface area contributed by atoms with E-state index < -0.39 is 0 Å². The molecule has 0 saturated carbocycles. The molecular formula is C9H10N4S. The van der Waals surface area contributed by atoms with Gasteiger partial charge in [-0.1, -0.05) is 6.07 Å². The van der Waals surface area contributed by atoms with Crippen molar-refractivity contribution in [1.29, 1.82) is 5.26 Å². The number of anilines is 1. The van der Waals surface area contributed by atoms with Crippen molar-refractivity contribution in [2.75, 3.05) is 5.32 Å². The van der Waals surface area contributed by atoms with Gasteiger partial charge in [0.05, 0.1) is 11.6 Å². The maximum Gasteiger partial charge on any atom is 0.185 e. The van der Waals surface area contributed by atoms with Gasteiger partial charge in [-0.3, -0.25) is 0 Å². The molecule has 1 aromatic rings. The fraction of sp³-hybridized carbons (Fsp3) is 0.111. The van der Waals surface area contributed by atoms with Crippen LogP contribution >= 0.6 is 12.2 Å². The molecular weight excluding hydrogens is 196 g/mol. The lowest BCUT2D eigenvalue weighted by Gasteiger charge is -2.09. The van der Waals surface area contributed by atoms with E-state index in [1.807, 2.05) is 13.0 Å². The highest BCUT2D eigenvalue weighted by atomic mass is 32.1. The van der Waals surface area contributed by atoms with Crippen LogP contribution in [-0.4, -0.2) is 5.11 Å². The molecule has 1 aromatic carbocycles. The van der Waals surface area contributed by atoms with Gasteiger partial charge in [0, 0.05) is 5.69 Å². The summed E-state index contributed by atoms with van der Waals surface area (Å²) in [7, 11) is 0. The highest BCUT2D eigenvalue weighted by Gasteiger charge is 2.01. The average molecular weight is 206 g/mol. The number of hydrogen-bond donors (Lipinski definition) is 3. The van der Waals surface area contributed by atoms with Gasteiger partial charge in [-0.2, -0.15) is 5.26 Å². The van der Waals surface area contributed by atoms with Crippen LogP contribution < -0.4 is 16.6 Å². The Hall–Kier alpha value is -1.64. The van der Waals surface area contributed by atoms with Gasteiger partial charge in [0.25, 0.3) is 0 Å². The minimum Gasteiger partial charge on any atom is -0.331 e. The van der Waals surface area contributed by atoms with Crippen molar-refractivity contribution in [2.45, 2.75) is 6.92 Å². The summed E-state index contributed by atoms with van der Waals surface area (Å²) in [6.07, 6.45) is 0. The number of thiocarbonyl (C=S) groups is 1. The van der Waals surface area contributed by atoms with E-state index in [0.29, 0.717) is 10.7 Å². The third kappa shape index (κ3) is 2.42. The molecule has 0 amide bonds. The van der Waals surface area contributed by atoms with Gasteiger partial charge in [-0.05, 0) is 36.8 Å². The van der Waals surface area contributed by atoms with Crippen LogP contribution in [0.15, 0.2) is 18.2 Å². The number of rotatable bonds is 1. The molecule has 4 N–H and O–H groups in total. The smallest absolute Gasteiger partial charge is 0.185 e. The number of hydrazine groups is 1. The largest absolute Gasteiger partial charge is 0.331 e. The second kappa shape index (κ2) is 4.56. The quantitative estimate of drug-likeness (QED) is 0.363. The Morgan fingerprint density at radius 3 is 2.86 bits per heavy atom. The van der Waals surface area contributed by atoms with Crippen LogP contribution in [0.1, 0.15) is 11.1 Å². The summed E-state index contributed by atoms with van der Waals surface area (Å²) in [5, 5.41) is 11.9. The first-order valence-electron chi connectivity index (χ1n) is 3.95. The van der Waals surface area contributed by atoms with E-state index in [-0.39, 0.29) is 0 Å². The molecule has 0 aliphatic rings. The van der Waals surface area contributed by atoms with Crippen molar-refractivity contribution >= 4 is 23.0 Å². The number of benzene rings is 1. The first-order chi connectivity index (χ1) is 6.67. The monoisotopic (exact) mass is 206 g/mol. The summed E-state index contributed by atoms with van der Waals surface area (Å²) >= 11 is 4.85. The first kappa shape index (κ1) is 10.4. The Morgan fingerprint density at radius 2 is 2.29 bits per heavy atom. The molecule has 0 aliphatic carbocycles. The molecule has 4 nitrogen and oxygen atoms in total. The summed E-state index contributed by atoms with van der Waals surface area (Å²) in [5.41, 5.74) is 4.68. The molecule has 0 aromatic heterocycles. The second-order valence-corrected chi connectivity index (χ2v) is 3.15. The van der Waals surface area contributed by atoms with Crippen LogP contribution in [0.2, 0.25) is 0 Å². The van der Waals surface area contributed by atoms with E-state index in [4.69, 9.17) is 23.3 Å². The summed E-state index contributed by atoms with van der Waals surface area (Å²) in [6.45, 7) is 1.92. The minimum atomic E-state index is 0.322. The minimum absolute atomic E-state index is 0.322. The lowest BCUT2D eigenvalue weighted by atomic mass is 10.1. The van der Waals surface area contributed by atoms with Gasteiger partial charge in [0.15, 0.2) is 5.11 Å². The molecule has 0 unspecified atom stereocenters. The Kier molecular flexibility index (Phi) is 3.40. The van der Waals surface area contributed by atoms with E-state index in [9.17, 15) is 0 Å². The number of nitrogens with two attached hydrogens (primary N) is 1. The van der Waals surface area contributed by atoms with Crippen molar-refractivity contribution < 1.29 is 0 Å². The molecule has 0 saturated heterocycles. The molecule has 5 heteroatoms. The van der Waals surface area contributed by atoms with E-state index in [1.165, 1.54) is 0 Å². The van der Waals surface area contributed by atoms with E-state index in [2.05, 4.69) is 16.8 Å². The van der Waals surface area contributed by atoms with Crippen LogP contribution in [0.3, 0.4) is 0 Å². The normalized spacial score (nSPS) is 8.93. The number of nitrogens with zero attached hydrogens (tertiary/aromatic N) is 1. The van der Waals surface area contributed by atoms with Gasteiger partial charge >= 0.3 is 0 Å². The van der Waals surface area contributed by atoms with Crippen LogP contribution in [0.4, 0.5) is 5.69 Å². The van der Waals surface area contributed by atoms with Crippen LogP contribution in [0.5, 0.6) is 0 Å². The number of nitrogens with one attached hydrogen (secondary N) is 2. The SMILES string of the molecule is Cc1ccc(C#N)cc1NC(=S)NN. The van der Waals surface area contributed by atoms with E-state index in [0.717, 1.165) is 11.3 Å². The van der Waals surface area contributed by atoms with Crippen molar-refractivity contribution in [3.8, 4) is 6.07 Å². The molecule has 0 aliphatic heterocycles. The van der Waals surface area contributed by atoms with Crippen LogP contribution in [0.25, 0.3) is 0 Å². The fourth-order valence-corrected chi connectivity index (χ4v) is 1.09. The molecule has 14 heavy (non-hydrogen) atoms. The molecule has 0 radical (unpaired) electrons. The Morgan fingerprint density at radius 1 is 1.57 bits per heavy atom. The standard InChI is InChI=1S/C9H10N4S/c1-6-2-3-7(5-10)4-8(6)12-9(14)13-11/h2-4H,11H2,1H3,(H2,12,13,14). The zero-order valence-corrected chi connectivity index (χ0v) is 8.48. The fourth-order valence-electron chi connectivity index (χ4n) is 0.985. The third-order valence-electron chi connectivity index (χ3n) is 1.75. The van der Waals surface area contributed by atoms with Gasteiger partial charge in [0.2, 0.25) is 0 Å². The lowest BCUT2D eigenvalue weighted by Crippen LogP contribution is -2.34.